The van der Waals surface area contributed by atoms with E-state index in [2.05, 4.69) is 22.4 Å². The van der Waals surface area contributed by atoms with E-state index < -0.39 is 0 Å². The molecule has 0 aliphatic rings. The van der Waals surface area contributed by atoms with E-state index >= 15 is 0 Å². The first kappa shape index (κ1) is 19.2. The van der Waals surface area contributed by atoms with Crippen LogP contribution in [0.1, 0.15) is 10.6 Å². The number of aromatic nitrogens is 1. The van der Waals surface area contributed by atoms with Crippen molar-refractivity contribution < 1.29 is 14.2 Å². The van der Waals surface area contributed by atoms with Crippen molar-refractivity contribution in [1.29, 1.82) is 0 Å². The summed E-state index contributed by atoms with van der Waals surface area (Å²) in [6, 6.07) is 14.1. The van der Waals surface area contributed by atoms with Gasteiger partial charge in [-0.25, -0.2) is 4.98 Å². The summed E-state index contributed by atoms with van der Waals surface area (Å²) in [6.07, 6.45) is 2.88. The Labute approximate surface area is 163 Å². The van der Waals surface area contributed by atoms with Gasteiger partial charge in [0, 0.05) is 12.7 Å². The predicted molar refractivity (Wildman–Crippen MR) is 109 cm³/mol. The van der Waals surface area contributed by atoms with Crippen LogP contribution < -0.4 is 19.5 Å². The minimum absolute atomic E-state index is 0.725. The molecular weight excluding hydrogens is 360 g/mol. The van der Waals surface area contributed by atoms with Gasteiger partial charge in [0.15, 0.2) is 11.5 Å². The molecule has 0 spiro atoms. The molecule has 0 saturated heterocycles. The number of thiazole rings is 1. The van der Waals surface area contributed by atoms with E-state index in [1.165, 1.54) is 5.56 Å². The number of nitrogens with one attached hydrogen (secondary N) is 1. The summed E-state index contributed by atoms with van der Waals surface area (Å²) >= 11 is 1.68. The fraction of sp³-hybridized carbons (Fsp3) is 0.286. The largest absolute Gasteiger partial charge is 0.497 e. The summed E-state index contributed by atoms with van der Waals surface area (Å²) in [6.45, 7) is 1.66. The number of hydrogen-bond acceptors (Lipinski definition) is 6. The second-order valence-corrected chi connectivity index (χ2v) is 7.08. The highest BCUT2D eigenvalue weighted by Gasteiger charge is 2.09. The summed E-state index contributed by atoms with van der Waals surface area (Å²) in [5.41, 5.74) is 2.36. The van der Waals surface area contributed by atoms with Gasteiger partial charge in [0.1, 0.15) is 10.8 Å². The van der Waals surface area contributed by atoms with Crippen LogP contribution in [0.15, 0.2) is 48.7 Å². The SMILES string of the molecule is COc1ccc(CCNCc2ncc(-c3ccc(OC)c(OC)c3)s2)cc1. The van der Waals surface area contributed by atoms with Gasteiger partial charge in [-0.3, -0.25) is 0 Å². The van der Waals surface area contributed by atoms with Gasteiger partial charge in [0.2, 0.25) is 0 Å². The number of ether oxygens (including phenoxy) is 3. The molecule has 1 N–H and O–H groups in total. The van der Waals surface area contributed by atoms with Crippen LogP contribution in [0, 0.1) is 0 Å². The van der Waals surface area contributed by atoms with Crippen LogP contribution in [0.25, 0.3) is 10.4 Å². The molecule has 0 amide bonds. The molecule has 2 aromatic carbocycles. The Kier molecular flexibility index (Phi) is 6.68. The molecule has 5 nitrogen and oxygen atoms in total. The molecule has 0 fully saturated rings. The molecule has 1 aromatic heterocycles. The molecule has 0 bridgehead atoms. The fourth-order valence-corrected chi connectivity index (χ4v) is 3.62. The van der Waals surface area contributed by atoms with Gasteiger partial charge in [-0.05, 0) is 54.4 Å². The zero-order chi connectivity index (χ0) is 19.1. The summed E-state index contributed by atoms with van der Waals surface area (Å²) in [7, 11) is 4.97. The van der Waals surface area contributed by atoms with Gasteiger partial charge in [-0.2, -0.15) is 0 Å². The van der Waals surface area contributed by atoms with E-state index in [1.807, 2.05) is 36.5 Å². The van der Waals surface area contributed by atoms with E-state index in [0.29, 0.717) is 0 Å². The highest BCUT2D eigenvalue weighted by Crippen LogP contribution is 2.34. The van der Waals surface area contributed by atoms with Gasteiger partial charge in [-0.15, -0.1) is 11.3 Å². The standard InChI is InChI=1S/C21H24N2O3S/c1-24-17-7-4-15(5-8-17)10-11-22-14-21-23-13-20(27-21)16-6-9-18(25-2)19(12-16)26-3/h4-9,12-13,22H,10-11,14H2,1-3H3. The van der Waals surface area contributed by atoms with Crippen molar-refractivity contribution in [1.82, 2.24) is 10.3 Å². The quantitative estimate of drug-likeness (QED) is 0.561. The number of rotatable bonds is 9. The molecule has 0 aliphatic heterocycles. The first-order valence-electron chi connectivity index (χ1n) is 8.74. The molecule has 27 heavy (non-hydrogen) atoms. The lowest BCUT2D eigenvalue weighted by molar-refractivity contribution is 0.355. The summed E-state index contributed by atoms with van der Waals surface area (Å²) in [4.78, 5) is 5.64. The van der Waals surface area contributed by atoms with Crippen molar-refractivity contribution in [2.75, 3.05) is 27.9 Å². The zero-order valence-electron chi connectivity index (χ0n) is 15.8. The monoisotopic (exact) mass is 384 g/mol. The molecule has 0 aliphatic carbocycles. The predicted octanol–water partition coefficient (Wildman–Crippen LogP) is 4.17. The van der Waals surface area contributed by atoms with E-state index in [-0.39, 0.29) is 0 Å². The smallest absolute Gasteiger partial charge is 0.161 e. The van der Waals surface area contributed by atoms with Gasteiger partial charge < -0.3 is 19.5 Å². The first-order chi connectivity index (χ1) is 13.2. The van der Waals surface area contributed by atoms with Crippen LogP contribution in [0.2, 0.25) is 0 Å². The van der Waals surface area contributed by atoms with E-state index in [9.17, 15) is 0 Å². The average molecular weight is 385 g/mol. The average Bonchev–Trinajstić information content (AvgIpc) is 3.20. The third-order valence-electron chi connectivity index (χ3n) is 4.25. The molecule has 0 radical (unpaired) electrons. The van der Waals surface area contributed by atoms with Gasteiger partial charge in [0.05, 0.1) is 26.2 Å². The van der Waals surface area contributed by atoms with Crippen molar-refractivity contribution >= 4 is 11.3 Å². The second-order valence-electron chi connectivity index (χ2n) is 5.96. The highest BCUT2D eigenvalue weighted by molar-refractivity contribution is 7.15. The molecular formula is C21H24N2O3S. The third-order valence-corrected chi connectivity index (χ3v) is 5.29. The van der Waals surface area contributed by atoms with Gasteiger partial charge in [-0.1, -0.05) is 12.1 Å². The molecule has 1 heterocycles. The Bertz CT molecular complexity index is 862. The lowest BCUT2D eigenvalue weighted by Crippen LogP contribution is -2.16. The van der Waals surface area contributed by atoms with Crippen molar-refractivity contribution in [3.8, 4) is 27.7 Å². The van der Waals surface area contributed by atoms with Crippen LogP contribution in [0.3, 0.4) is 0 Å². The van der Waals surface area contributed by atoms with Crippen molar-refractivity contribution in [2.24, 2.45) is 0 Å². The topological polar surface area (TPSA) is 52.6 Å². The third kappa shape index (κ3) is 4.99. The van der Waals surface area contributed by atoms with Gasteiger partial charge in [0.25, 0.3) is 0 Å². The molecule has 6 heteroatoms. The minimum Gasteiger partial charge on any atom is -0.497 e. The van der Waals surface area contributed by atoms with Gasteiger partial charge >= 0.3 is 0 Å². The summed E-state index contributed by atoms with van der Waals surface area (Å²) < 4.78 is 15.9. The Morgan fingerprint density at radius 2 is 1.70 bits per heavy atom. The number of hydrogen-bond donors (Lipinski definition) is 1. The molecule has 0 saturated carbocycles. The van der Waals surface area contributed by atoms with Crippen molar-refractivity contribution in [3.63, 3.8) is 0 Å². The van der Waals surface area contributed by atoms with Crippen LogP contribution >= 0.6 is 11.3 Å². The van der Waals surface area contributed by atoms with Crippen LogP contribution in [-0.4, -0.2) is 32.9 Å². The van der Waals surface area contributed by atoms with Crippen molar-refractivity contribution in [3.05, 3.63) is 59.2 Å². The molecule has 3 rings (SSSR count). The van der Waals surface area contributed by atoms with E-state index in [4.69, 9.17) is 14.2 Å². The number of methoxy groups -OCH3 is 3. The molecule has 3 aromatic rings. The molecule has 0 atom stereocenters. The number of nitrogens with zero attached hydrogens (tertiary/aromatic N) is 1. The maximum absolute atomic E-state index is 5.38. The second kappa shape index (κ2) is 9.39. The van der Waals surface area contributed by atoms with Crippen LogP contribution in [0.4, 0.5) is 0 Å². The Morgan fingerprint density at radius 1 is 0.926 bits per heavy atom. The Hall–Kier alpha value is -2.57. The van der Waals surface area contributed by atoms with Crippen LogP contribution in [0.5, 0.6) is 17.2 Å². The van der Waals surface area contributed by atoms with E-state index in [1.54, 1.807) is 32.7 Å². The lowest BCUT2D eigenvalue weighted by atomic mass is 10.1. The zero-order valence-corrected chi connectivity index (χ0v) is 16.6. The van der Waals surface area contributed by atoms with E-state index in [0.717, 1.165) is 52.2 Å². The van der Waals surface area contributed by atoms with Crippen LogP contribution in [-0.2, 0) is 13.0 Å². The number of benzene rings is 2. The first-order valence-corrected chi connectivity index (χ1v) is 9.56. The highest BCUT2D eigenvalue weighted by atomic mass is 32.1. The maximum atomic E-state index is 5.38. The normalized spacial score (nSPS) is 10.6. The Morgan fingerprint density at radius 3 is 2.41 bits per heavy atom. The lowest BCUT2D eigenvalue weighted by Gasteiger charge is -2.08. The maximum Gasteiger partial charge on any atom is 0.161 e. The fourth-order valence-electron chi connectivity index (χ4n) is 2.74. The van der Waals surface area contributed by atoms with Crippen molar-refractivity contribution in [2.45, 2.75) is 13.0 Å². The summed E-state index contributed by atoms with van der Waals surface area (Å²) in [5, 5.41) is 4.52. The summed E-state index contributed by atoms with van der Waals surface area (Å²) in [5.74, 6) is 2.34. The minimum atomic E-state index is 0.725. The molecule has 142 valence electrons. The molecule has 0 unspecified atom stereocenters. The Balaban J connectivity index is 1.53.